The van der Waals surface area contributed by atoms with Gasteiger partial charge in [0, 0.05) is 24.7 Å². The molecule has 0 aliphatic carbocycles. The van der Waals surface area contributed by atoms with Crippen LogP contribution in [-0.2, 0) is 0 Å². The third-order valence-corrected chi connectivity index (χ3v) is 3.28. The average Bonchev–Trinajstić information content (AvgIpc) is 2.29. The van der Waals surface area contributed by atoms with E-state index >= 15 is 0 Å². The lowest BCUT2D eigenvalue weighted by Crippen LogP contribution is -2.41. The first-order valence-corrected chi connectivity index (χ1v) is 7.59. The summed E-state index contributed by atoms with van der Waals surface area (Å²) in [6.07, 6.45) is 2.56. The van der Waals surface area contributed by atoms with E-state index < -0.39 is 0 Å². The van der Waals surface area contributed by atoms with Crippen molar-refractivity contribution < 1.29 is 0 Å². The number of hydrogen-bond donors (Lipinski definition) is 2. The molecule has 0 rings (SSSR count). The van der Waals surface area contributed by atoms with Crippen LogP contribution < -0.4 is 10.6 Å². The van der Waals surface area contributed by atoms with Crippen LogP contribution in [0.25, 0.3) is 0 Å². The highest BCUT2D eigenvalue weighted by Gasteiger charge is 2.08. The minimum Gasteiger partial charge on any atom is -0.313 e. The van der Waals surface area contributed by atoms with E-state index in [-0.39, 0.29) is 5.54 Å². The minimum absolute atomic E-state index is 0.230. The van der Waals surface area contributed by atoms with E-state index in [9.17, 15) is 0 Å². The first-order valence-electron chi connectivity index (χ1n) is 7.59. The third-order valence-electron chi connectivity index (χ3n) is 3.28. The summed E-state index contributed by atoms with van der Waals surface area (Å²) in [4.78, 5) is 2.49. The SMILES string of the molecule is CCN(CC)CCCC(C)NCCNC(C)(C)C. The third kappa shape index (κ3) is 11.0. The van der Waals surface area contributed by atoms with Crippen LogP contribution >= 0.6 is 0 Å². The number of rotatable bonds is 10. The van der Waals surface area contributed by atoms with Crippen molar-refractivity contribution in [2.75, 3.05) is 32.7 Å². The Balaban J connectivity index is 3.45. The molecule has 110 valence electrons. The van der Waals surface area contributed by atoms with E-state index in [1.807, 2.05) is 0 Å². The van der Waals surface area contributed by atoms with Crippen molar-refractivity contribution in [1.29, 1.82) is 0 Å². The predicted molar refractivity (Wildman–Crippen MR) is 82.2 cm³/mol. The largest absolute Gasteiger partial charge is 0.313 e. The van der Waals surface area contributed by atoms with E-state index in [1.54, 1.807) is 0 Å². The maximum Gasteiger partial charge on any atom is 0.00970 e. The van der Waals surface area contributed by atoms with Gasteiger partial charge >= 0.3 is 0 Å². The van der Waals surface area contributed by atoms with Gasteiger partial charge in [-0.25, -0.2) is 0 Å². The molecule has 2 N–H and O–H groups in total. The van der Waals surface area contributed by atoms with Crippen LogP contribution in [-0.4, -0.2) is 49.2 Å². The van der Waals surface area contributed by atoms with Gasteiger partial charge in [0.25, 0.3) is 0 Å². The summed E-state index contributed by atoms with van der Waals surface area (Å²) in [5.74, 6) is 0. The van der Waals surface area contributed by atoms with Crippen LogP contribution in [0, 0.1) is 0 Å². The maximum atomic E-state index is 3.58. The molecule has 3 heteroatoms. The van der Waals surface area contributed by atoms with Gasteiger partial charge in [-0.2, -0.15) is 0 Å². The predicted octanol–water partition coefficient (Wildman–Crippen LogP) is 2.47. The van der Waals surface area contributed by atoms with Gasteiger partial charge in [0.15, 0.2) is 0 Å². The summed E-state index contributed by atoms with van der Waals surface area (Å²) >= 11 is 0. The summed E-state index contributed by atoms with van der Waals surface area (Å²) < 4.78 is 0. The van der Waals surface area contributed by atoms with Crippen molar-refractivity contribution in [3.8, 4) is 0 Å². The van der Waals surface area contributed by atoms with Gasteiger partial charge in [-0.3, -0.25) is 0 Å². The lowest BCUT2D eigenvalue weighted by molar-refractivity contribution is 0.290. The van der Waals surface area contributed by atoms with E-state index in [0.29, 0.717) is 6.04 Å². The molecular weight excluding hydrogens is 222 g/mol. The molecule has 0 saturated heterocycles. The Morgan fingerprint density at radius 3 is 2.17 bits per heavy atom. The smallest absolute Gasteiger partial charge is 0.00970 e. The molecule has 0 saturated carbocycles. The minimum atomic E-state index is 0.230. The van der Waals surface area contributed by atoms with E-state index in [1.165, 1.54) is 32.5 Å². The van der Waals surface area contributed by atoms with Gasteiger partial charge in [-0.05, 0) is 60.2 Å². The summed E-state index contributed by atoms with van der Waals surface area (Å²) in [6, 6.07) is 0.627. The number of nitrogens with zero attached hydrogens (tertiary/aromatic N) is 1. The Morgan fingerprint density at radius 1 is 1.06 bits per heavy atom. The highest BCUT2D eigenvalue weighted by atomic mass is 15.1. The topological polar surface area (TPSA) is 27.3 Å². The second kappa shape index (κ2) is 9.76. The molecule has 0 aliphatic heterocycles. The maximum absolute atomic E-state index is 3.58. The molecule has 0 amide bonds. The molecule has 0 heterocycles. The second-order valence-corrected chi connectivity index (χ2v) is 6.20. The van der Waals surface area contributed by atoms with Crippen LogP contribution in [0.4, 0.5) is 0 Å². The molecule has 0 fully saturated rings. The molecule has 1 unspecified atom stereocenters. The van der Waals surface area contributed by atoms with E-state index in [0.717, 1.165) is 13.1 Å². The molecule has 0 aromatic carbocycles. The van der Waals surface area contributed by atoms with Gasteiger partial charge in [0.2, 0.25) is 0 Å². The summed E-state index contributed by atoms with van der Waals surface area (Å²) in [5.41, 5.74) is 0.230. The average molecular weight is 257 g/mol. The van der Waals surface area contributed by atoms with Crippen LogP contribution in [0.5, 0.6) is 0 Å². The van der Waals surface area contributed by atoms with Crippen LogP contribution in [0.1, 0.15) is 54.4 Å². The fourth-order valence-corrected chi connectivity index (χ4v) is 2.02. The molecule has 0 aliphatic rings. The Bertz CT molecular complexity index is 183. The fraction of sp³-hybridized carbons (Fsp3) is 1.00. The molecular formula is C15H35N3. The number of hydrogen-bond acceptors (Lipinski definition) is 3. The van der Waals surface area contributed by atoms with Crippen LogP contribution in [0.3, 0.4) is 0 Å². The normalized spacial score (nSPS) is 14.2. The Kier molecular flexibility index (Phi) is 9.70. The zero-order chi connectivity index (χ0) is 14.0. The molecule has 0 radical (unpaired) electrons. The molecule has 0 spiro atoms. The van der Waals surface area contributed by atoms with Crippen molar-refractivity contribution in [2.45, 2.75) is 66.0 Å². The van der Waals surface area contributed by atoms with Crippen LogP contribution in [0.15, 0.2) is 0 Å². The molecule has 3 nitrogen and oxygen atoms in total. The van der Waals surface area contributed by atoms with Crippen LogP contribution in [0.2, 0.25) is 0 Å². The Hall–Kier alpha value is -0.120. The van der Waals surface area contributed by atoms with E-state index in [2.05, 4.69) is 57.1 Å². The van der Waals surface area contributed by atoms with Crippen molar-refractivity contribution in [2.24, 2.45) is 0 Å². The van der Waals surface area contributed by atoms with Crippen molar-refractivity contribution >= 4 is 0 Å². The monoisotopic (exact) mass is 257 g/mol. The molecule has 1 atom stereocenters. The molecule has 18 heavy (non-hydrogen) atoms. The Morgan fingerprint density at radius 2 is 1.67 bits per heavy atom. The lowest BCUT2D eigenvalue weighted by Gasteiger charge is -2.22. The van der Waals surface area contributed by atoms with Crippen molar-refractivity contribution in [3.63, 3.8) is 0 Å². The lowest BCUT2D eigenvalue weighted by atomic mass is 10.1. The van der Waals surface area contributed by atoms with Crippen molar-refractivity contribution in [1.82, 2.24) is 15.5 Å². The molecule has 0 aromatic rings. The highest BCUT2D eigenvalue weighted by molar-refractivity contribution is 4.71. The van der Waals surface area contributed by atoms with Gasteiger partial charge in [-0.1, -0.05) is 13.8 Å². The van der Waals surface area contributed by atoms with Gasteiger partial charge in [0.1, 0.15) is 0 Å². The molecule has 0 aromatic heterocycles. The van der Waals surface area contributed by atoms with Gasteiger partial charge < -0.3 is 15.5 Å². The summed E-state index contributed by atoms with van der Waals surface area (Å²) in [7, 11) is 0. The standard InChI is InChI=1S/C15H35N3/c1-7-18(8-2)13-9-10-14(3)16-11-12-17-15(4,5)6/h14,16-17H,7-13H2,1-6H3. The van der Waals surface area contributed by atoms with Gasteiger partial charge in [0.05, 0.1) is 0 Å². The zero-order valence-corrected chi connectivity index (χ0v) is 13.5. The highest BCUT2D eigenvalue weighted by Crippen LogP contribution is 2.00. The summed E-state index contributed by atoms with van der Waals surface area (Å²) in [6.45, 7) is 19.1. The first-order chi connectivity index (χ1) is 8.39. The van der Waals surface area contributed by atoms with E-state index in [4.69, 9.17) is 0 Å². The number of nitrogens with one attached hydrogen (secondary N) is 2. The van der Waals surface area contributed by atoms with Gasteiger partial charge in [-0.15, -0.1) is 0 Å². The molecule has 0 bridgehead atoms. The van der Waals surface area contributed by atoms with Crippen molar-refractivity contribution in [3.05, 3.63) is 0 Å². The quantitative estimate of drug-likeness (QED) is 0.589. The first kappa shape index (κ1) is 17.9. The Labute approximate surface area is 115 Å². The fourth-order valence-electron chi connectivity index (χ4n) is 2.02. The summed E-state index contributed by atoms with van der Waals surface area (Å²) in [5, 5.41) is 7.08. The zero-order valence-electron chi connectivity index (χ0n) is 13.5. The second-order valence-electron chi connectivity index (χ2n) is 6.20.